The van der Waals surface area contributed by atoms with Gasteiger partial charge in [0, 0.05) is 25.3 Å². The molecule has 0 spiro atoms. The molecule has 8 nitrogen and oxygen atoms in total. The Morgan fingerprint density at radius 2 is 2.00 bits per heavy atom. The van der Waals surface area contributed by atoms with Crippen molar-refractivity contribution in [3.05, 3.63) is 60.0 Å². The number of likely N-dealkylation sites (tertiary alicyclic amines) is 1. The second-order valence-corrected chi connectivity index (χ2v) is 8.22. The highest BCUT2D eigenvalue weighted by molar-refractivity contribution is 5.79. The van der Waals surface area contributed by atoms with Gasteiger partial charge in [-0.2, -0.15) is 0 Å². The number of piperidine rings is 1. The normalized spacial score (nSPS) is 19.8. The number of methoxy groups -OCH3 is 1. The van der Waals surface area contributed by atoms with Gasteiger partial charge in [0.1, 0.15) is 12.3 Å². The molecule has 1 aliphatic rings. The van der Waals surface area contributed by atoms with Gasteiger partial charge in [0.2, 0.25) is 0 Å². The van der Waals surface area contributed by atoms with Crippen LogP contribution in [0.3, 0.4) is 0 Å². The van der Waals surface area contributed by atoms with E-state index in [2.05, 4.69) is 64.0 Å². The Labute approximate surface area is 189 Å². The highest BCUT2D eigenvalue weighted by Crippen LogP contribution is 2.35. The minimum atomic E-state index is 0.366. The van der Waals surface area contributed by atoms with Crippen molar-refractivity contribution in [1.82, 2.24) is 30.1 Å². The molecule has 1 fully saturated rings. The van der Waals surface area contributed by atoms with E-state index in [0.717, 1.165) is 42.8 Å². The Bertz CT molecular complexity index is 1030. The standard InChI is InChI=1S/C24H33N7O/c1-4-25-24(27-17-22-29-28-21-9-5-6-15-31(21)22)26-16-19-8-7-14-30(2)23(19)18-10-12-20(32-3)13-11-18/h5-6,9-13,15,19,23H,4,7-8,14,16-17H2,1-3H3,(H2,25,26,27). The smallest absolute Gasteiger partial charge is 0.191 e. The lowest BCUT2D eigenvalue weighted by atomic mass is 9.85. The molecular formula is C24H33N7O. The number of fused-ring (bicyclic) bond motifs is 1. The van der Waals surface area contributed by atoms with Crippen LogP contribution in [0.1, 0.15) is 37.2 Å². The fourth-order valence-electron chi connectivity index (χ4n) is 4.52. The third kappa shape index (κ3) is 5.02. The van der Waals surface area contributed by atoms with Gasteiger partial charge in [0.25, 0.3) is 0 Å². The number of hydrogen-bond donors (Lipinski definition) is 2. The summed E-state index contributed by atoms with van der Waals surface area (Å²) in [6, 6.07) is 14.7. The Morgan fingerprint density at radius 3 is 2.78 bits per heavy atom. The van der Waals surface area contributed by atoms with Crippen molar-refractivity contribution < 1.29 is 4.74 Å². The summed E-state index contributed by atoms with van der Waals surface area (Å²) >= 11 is 0. The largest absolute Gasteiger partial charge is 0.497 e. The van der Waals surface area contributed by atoms with E-state index in [4.69, 9.17) is 9.73 Å². The van der Waals surface area contributed by atoms with Crippen LogP contribution in [0.15, 0.2) is 53.7 Å². The third-order valence-corrected chi connectivity index (χ3v) is 6.10. The number of nitrogens with one attached hydrogen (secondary N) is 2. The van der Waals surface area contributed by atoms with Crippen molar-refractivity contribution >= 4 is 11.6 Å². The first-order valence-corrected chi connectivity index (χ1v) is 11.3. The number of ether oxygens (including phenoxy) is 1. The van der Waals surface area contributed by atoms with Gasteiger partial charge in [-0.05, 0) is 69.1 Å². The summed E-state index contributed by atoms with van der Waals surface area (Å²) in [7, 11) is 3.93. The van der Waals surface area contributed by atoms with E-state index in [1.54, 1.807) is 7.11 Å². The fourth-order valence-corrected chi connectivity index (χ4v) is 4.52. The number of rotatable bonds is 7. The van der Waals surface area contributed by atoms with Gasteiger partial charge < -0.3 is 15.4 Å². The molecule has 2 N–H and O–H groups in total. The molecule has 0 bridgehead atoms. The Kier molecular flexibility index (Phi) is 7.21. The minimum absolute atomic E-state index is 0.366. The summed E-state index contributed by atoms with van der Waals surface area (Å²) < 4.78 is 7.31. The number of aromatic nitrogens is 3. The van der Waals surface area contributed by atoms with Crippen LogP contribution >= 0.6 is 0 Å². The summed E-state index contributed by atoms with van der Waals surface area (Å²) in [6.45, 7) is 5.32. The highest BCUT2D eigenvalue weighted by atomic mass is 16.5. The molecule has 0 saturated carbocycles. The van der Waals surface area contributed by atoms with Crippen molar-refractivity contribution in [2.24, 2.45) is 10.9 Å². The van der Waals surface area contributed by atoms with Crippen LogP contribution in [-0.4, -0.2) is 59.2 Å². The zero-order chi connectivity index (χ0) is 22.3. The lowest BCUT2D eigenvalue weighted by Gasteiger charge is -2.40. The maximum Gasteiger partial charge on any atom is 0.191 e. The second-order valence-electron chi connectivity index (χ2n) is 8.22. The SMILES string of the molecule is CCNC(=NCc1nnc2ccccn12)NCC1CCCN(C)C1c1ccc(OC)cc1. The number of guanidine groups is 1. The predicted molar refractivity (Wildman–Crippen MR) is 127 cm³/mol. The van der Waals surface area contributed by atoms with Crippen LogP contribution in [0.25, 0.3) is 5.65 Å². The van der Waals surface area contributed by atoms with Crippen molar-refractivity contribution in [2.45, 2.75) is 32.4 Å². The molecule has 2 atom stereocenters. The fraction of sp³-hybridized carbons (Fsp3) is 0.458. The first-order chi connectivity index (χ1) is 15.7. The van der Waals surface area contributed by atoms with E-state index >= 15 is 0 Å². The molecular weight excluding hydrogens is 402 g/mol. The molecule has 2 unspecified atom stereocenters. The van der Waals surface area contributed by atoms with E-state index in [-0.39, 0.29) is 0 Å². The maximum atomic E-state index is 5.34. The first-order valence-electron chi connectivity index (χ1n) is 11.3. The predicted octanol–water partition coefficient (Wildman–Crippen LogP) is 2.88. The molecule has 32 heavy (non-hydrogen) atoms. The molecule has 1 aliphatic heterocycles. The van der Waals surface area contributed by atoms with Crippen LogP contribution in [0.2, 0.25) is 0 Å². The quantitative estimate of drug-likeness (QED) is 0.439. The van der Waals surface area contributed by atoms with Crippen LogP contribution in [0.5, 0.6) is 5.75 Å². The van der Waals surface area contributed by atoms with Gasteiger partial charge in [-0.15, -0.1) is 10.2 Å². The average molecular weight is 436 g/mol. The van der Waals surface area contributed by atoms with Crippen LogP contribution in [0, 0.1) is 5.92 Å². The third-order valence-electron chi connectivity index (χ3n) is 6.10. The summed E-state index contributed by atoms with van der Waals surface area (Å²) in [5.41, 5.74) is 2.17. The summed E-state index contributed by atoms with van der Waals surface area (Å²) in [5, 5.41) is 15.4. The van der Waals surface area contributed by atoms with E-state index in [0.29, 0.717) is 18.5 Å². The summed E-state index contributed by atoms with van der Waals surface area (Å²) in [6.07, 6.45) is 4.36. The lowest BCUT2D eigenvalue weighted by molar-refractivity contribution is 0.122. The number of hydrogen-bond acceptors (Lipinski definition) is 5. The molecule has 0 aliphatic carbocycles. The summed E-state index contributed by atoms with van der Waals surface area (Å²) in [4.78, 5) is 7.23. The summed E-state index contributed by atoms with van der Waals surface area (Å²) in [5.74, 6) is 3.01. The molecule has 0 radical (unpaired) electrons. The van der Waals surface area contributed by atoms with Crippen LogP contribution in [-0.2, 0) is 6.54 Å². The van der Waals surface area contributed by atoms with Crippen molar-refractivity contribution in [3.8, 4) is 5.75 Å². The van der Waals surface area contributed by atoms with Crippen molar-refractivity contribution in [1.29, 1.82) is 0 Å². The molecule has 170 valence electrons. The zero-order valence-corrected chi connectivity index (χ0v) is 19.2. The lowest BCUT2D eigenvalue weighted by Crippen LogP contribution is -2.45. The van der Waals surface area contributed by atoms with Gasteiger partial charge in [-0.25, -0.2) is 4.99 Å². The number of benzene rings is 1. The van der Waals surface area contributed by atoms with Crippen LogP contribution < -0.4 is 15.4 Å². The minimum Gasteiger partial charge on any atom is -0.497 e. The van der Waals surface area contributed by atoms with E-state index in [1.807, 2.05) is 28.8 Å². The molecule has 3 aromatic rings. The van der Waals surface area contributed by atoms with Crippen molar-refractivity contribution in [3.63, 3.8) is 0 Å². The van der Waals surface area contributed by atoms with Gasteiger partial charge in [-0.3, -0.25) is 9.30 Å². The number of pyridine rings is 1. The van der Waals surface area contributed by atoms with Gasteiger partial charge in [0.05, 0.1) is 7.11 Å². The topological polar surface area (TPSA) is 79.1 Å². The molecule has 3 heterocycles. The molecule has 0 amide bonds. The van der Waals surface area contributed by atoms with Crippen LogP contribution in [0.4, 0.5) is 0 Å². The van der Waals surface area contributed by atoms with E-state index < -0.39 is 0 Å². The van der Waals surface area contributed by atoms with Gasteiger partial charge in [0.15, 0.2) is 17.4 Å². The average Bonchev–Trinajstić information content (AvgIpc) is 3.24. The number of nitrogens with zero attached hydrogens (tertiary/aromatic N) is 5. The first kappa shape index (κ1) is 22.1. The van der Waals surface area contributed by atoms with E-state index in [1.165, 1.54) is 18.4 Å². The Balaban J connectivity index is 1.45. The van der Waals surface area contributed by atoms with Gasteiger partial charge >= 0.3 is 0 Å². The maximum absolute atomic E-state index is 5.34. The highest BCUT2D eigenvalue weighted by Gasteiger charge is 2.30. The zero-order valence-electron chi connectivity index (χ0n) is 19.2. The molecule has 8 heteroatoms. The van der Waals surface area contributed by atoms with E-state index in [9.17, 15) is 0 Å². The van der Waals surface area contributed by atoms with Crippen molar-refractivity contribution in [2.75, 3.05) is 33.8 Å². The Morgan fingerprint density at radius 1 is 1.16 bits per heavy atom. The molecule has 2 aromatic heterocycles. The monoisotopic (exact) mass is 435 g/mol. The molecule has 4 rings (SSSR count). The number of aliphatic imine (C=N–C) groups is 1. The molecule has 1 saturated heterocycles. The molecule has 1 aromatic carbocycles. The second kappa shape index (κ2) is 10.5. The van der Waals surface area contributed by atoms with Gasteiger partial charge in [-0.1, -0.05) is 18.2 Å². The Hall–Kier alpha value is -3.13.